The molecule has 0 bridgehead atoms. The molecule has 3 aromatic carbocycles. The van der Waals surface area contributed by atoms with E-state index >= 15 is 4.79 Å². The van der Waals surface area contributed by atoms with Crippen molar-refractivity contribution in [2.24, 2.45) is 0 Å². The van der Waals surface area contributed by atoms with Gasteiger partial charge >= 0.3 is 21.4 Å². The lowest BCUT2D eigenvalue weighted by molar-refractivity contribution is -0.123. The summed E-state index contributed by atoms with van der Waals surface area (Å²) in [6, 6.07) is 21.1. The maximum Gasteiger partial charge on any atom is 0.494 e. The van der Waals surface area contributed by atoms with E-state index < -0.39 is 66.5 Å². The molecule has 3 saturated heterocycles. The largest absolute Gasteiger partial charge is 0.494 e. The van der Waals surface area contributed by atoms with Crippen molar-refractivity contribution in [1.82, 2.24) is 5.32 Å². The van der Waals surface area contributed by atoms with E-state index in [1.54, 1.807) is 17.0 Å². The second-order valence-electron chi connectivity index (χ2n) is 19.5. The first-order valence-electron chi connectivity index (χ1n) is 19.7. The molecule has 0 saturated carbocycles. The summed E-state index contributed by atoms with van der Waals surface area (Å²) in [4.78, 5) is 31.5. The van der Waals surface area contributed by atoms with E-state index in [-0.39, 0.29) is 11.8 Å². The zero-order chi connectivity index (χ0) is 41.4. The summed E-state index contributed by atoms with van der Waals surface area (Å²) in [5.41, 5.74) is -0.256. The van der Waals surface area contributed by atoms with E-state index in [0.29, 0.717) is 22.3 Å². The maximum atomic E-state index is 15.2. The monoisotopic (exact) mass is 764 g/mol. The van der Waals surface area contributed by atoms with Crippen LogP contribution in [-0.2, 0) is 32.7 Å². The molecule has 3 aromatic rings. The first kappa shape index (κ1) is 42.2. The van der Waals surface area contributed by atoms with Gasteiger partial charge in [0.25, 0.3) is 5.91 Å². The van der Waals surface area contributed by atoms with Gasteiger partial charge in [0.2, 0.25) is 5.91 Å². The summed E-state index contributed by atoms with van der Waals surface area (Å²) in [5.74, 6) is -0.740. The fraction of sp³-hybridized carbons (Fsp3) is 0.535. The van der Waals surface area contributed by atoms with Gasteiger partial charge in [-0.15, -0.1) is 0 Å². The van der Waals surface area contributed by atoms with Crippen LogP contribution in [0.3, 0.4) is 0 Å². The van der Waals surface area contributed by atoms with Gasteiger partial charge in [0.15, 0.2) is 0 Å². The Morgan fingerprint density at radius 3 is 1.38 bits per heavy atom. The molecule has 1 atom stereocenters. The highest BCUT2D eigenvalue weighted by molar-refractivity contribution is 6.63. The normalized spacial score (nSPS) is 22.2. The Labute approximate surface area is 335 Å². The number of nitrogens with zero attached hydrogens (tertiary/aromatic N) is 1. The van der Waals surface area contributed by atoms with Gasteiger partial charge in [-0.3, -0.25) is 14.5 Å². The lowest BCUT2D eigenvalue weighted by Crippen LogP contribution is -2.50. The zero-order valence-electron chi connectivity index (χ0n) is 36.0. The smallest absolute Gasteiger partial charge is 0.399 e. The summed E-state index contributed by atoms with van der Waals surface area (Å²) in [7, 11) is -1.96. The van der Waals surface area contributed by atoms with Gasteiger partial charge in [0.05, 0.1) is 33.6 Å². The number of hydrogen-bond acceptors (Lipinski definition) is 8. The van der Waals surface area contributed by atoms with Crippen molar-refractivity contribution in [3.8, 4) is 0 Å². The second kappa shape index (κ2) is 14.1. The van der Waals surface area contributed by atoms with Crippen molar-refractivity contribution >= 4 is 55.2 Å². The third-order valence-corrected chi connectivity index (χ3v) is 12.3. The number of carbonyl (C=O) groups is 2. The van der Waals surface area contributed by atoms with Crippen molar-refractivity contribution in [2.75, 3.05) is 4.90 Å². The highest BCUT2D eigenvalue weighted by Crippen LogP contribution is 2.39. The molecule has 3 aliphatic rings. The first-order chi connectivity index (χ1) is 25.6. The lowest BCUT2D eigenvalue weighted by atomic mass is 9.77. The van der Waals surface area contributed by atoms with Crippen LogP contribution >= 0.6 is 0 Å². The zero-order valence-corrected chi connectivity index (χ0v) is 36.0. The topological polar surface area (TPSA) is 105 Å². The van der Waals surface area contributed by atoms with Gasteiger partial charge in [0.1, 0.15) is 6.04 Å². The minimum atomic E-state index is -1.10. The number of rotatable bonds is 8. The number of benzene rings is 3. The molecule has 3 heterocycles. The summed E-state index contributed by atoms with van der Waals surface area (Å²) < 4.78 is 38.3. The molecule has 2 amide bonds. The van der Waals surface area contributed by atoms with Gasteiger partial charge < -0.3 is 33.2 Å². The summed E-state index contributed by atoms with van der Waals surface area (Å²) in [6.07, 6.45) is 0. The molecule has 0 radical (unpaired) electrons. The van der Waals surface area contributed by atoms with Gasteiger partial charge in [0, 0.05) is 16.8 Å². The molecule has 3 fully saturated rings. The average Bonchev–Trinajstić information content (AvgIpc) is 3.55. The van der Waals surface area contributed by atoms with E-state index in [2.05, 4.69) is 5.32 Å². The summed E-state index contributed by atoms with van der Waals surface area (Å²) in [5, 5.41) is 3.16. The van der Waals surface area contributed by atoms with Crippen molar-refractivity contribution in [1.29, 1.82) is 0 Å². The maximum absolute atomic E-state index is 15.2. The Hall–Kier alpha value is -3.45. The minimum Gasteiger partial charge on any atom is -0.399 e. The minimum absolute atomic E-state index is 0.353. The number of amides is 2. The van der Waals surface area contributed by atoms with Crippen molar-refractivity contribution in [2.45, 2.75) is 149 Å². The SMILES string of the molecule is CC(C)(C)NC(=O)C(c1cccc(B2OC(C)(C)C(C)(C)O2)c1)N(C(=O)c1cccc(B2OC(C)(C)C(C)(C)O2)c1)c1ccc(B2OC(C)(C)C(C)(C)O2)cc1. The molecule has 0 aromatic heterocycles. The van der Waals surface area contributed by atoms with E-state index in [0.717, 1.165) is 10.9 Å². The standard InChI is InChI=1S/C43H59B3N2O8/c1-37(2,3)47-35(49)34(28-18-16-20-31(26-28)45-53-40(8,9)41(10,11)54-45)48(33-24-22-30(23-25-33)44-51-38(4,5)39(6,7)52-44)36(50)29-19-17-21-32(27-29)46-55-42(12,13)43(14,15)56-46/h16-27,34H,1-15H3,(H,47,49). The van der Waals surface area contributed by atoms with Crippen LogP contribution in [-0.4, -0.2) is 72.3 Å². The number of anilines is 1. The van der Waals surface area contributed by atoms with Crippen molar-refractivity contribution in [3.05, 3.63) is 83.9 Å². The Kier molecular flexibility index (Phi) is 10.6. The van der Waals surface area contributed by atoms with Gasteiger partial charge in [-0.1, -0.05) is 48.5 Å². The fourth-order valence-corrected chi connectivity index (χ4v) is 6.80. The quantitative estimate of drug-likeness (QED) is 0.284. The van der Waals surface area contributed by atoms with Crippen LogP contribution in [0, 0.1) is 0 Å². The highest BCUT2D eigenvalue weighted by atomic mass is 16.7. The Morgan fingerprint density at radius 1 is 0.554 bits per heavy atom. The third kappa shape index (κ3) is 8.00. The average molecular weight is 764 g/mol. The predicted molar refractivity (Wildman–Crippen MR) is 224 cm³/mol. The van der Waals surface area contributed by atoms with E-state index in [4.69, 9.17) is 27.9 Å². The van der Waals surface area contributed by atoms with Crippen molar-refractivity contribution < 1.29 is 37.5 Å². The van der Waals surface area contributed by atoms with Crippen LogP contribution < -0.4 is 26.6 Å². The van der Waals surface area contributed by atoms with Gasteiger partial charge in [-0.25, -0.2) is 0 Å². The second-order valence-corrected chi connectivity index (χ2v) is 19.5. The molecular formula is C43H59B3N2O8. The van der Waals surface area contributed by atoms with Crippen LogP contribution in [0.1, 0.15) is 126 Å². The number of hydrogen-bond donors (Lipinski definition) is 1. The molecule has 298 valence electrons. The third-order valence-electron chi connectivity index (χ3n) is 12.3. The molecule has 10 nitrogen and oxygen atoms in total. The van der Waals surface area contributed by atoms with Crippen molar-refractivity contribution in [3.63, 3.8) is 0 Å². The predicted octanol–water partition coefficient (Wildman–Crippen LogP) is 5.89. The Morgan fingerprint density at radius 2 is 0.946 bits per heavy atom. The Balaban J connectivity index is 1.47. The van der Waals surface area contributed by atoms with E-state index in [1.165, 1.54) is 0 Å². The molecule has 0 aliphatic carbocycles. The summed E-state index contributed by atoms with van der Waals surface area (Å²) in [6.45, 7) is 29.8. The van der Waals surface area contributed by atoms with Gasteiger partial charge in [-0.2, -0.15) is 0 Å². The summed E-state index contributed by atoms with van der Waals surface area (Å²) >= 11 is 0. The molecule has 13 heteroatoms. The molecule has 1 N–H and O–H groups in total. The Bertz CT molecular complexity index is 1920. The molecular weight excluding hydrogens is 705 g/mol. The molecule has 1 unspecified atom stereocenters. The van der Waals surface area contributed by atoms with Crippen LogP contribution in [0.4, 0.5) is 5.69 Å². The highest BCUT2D eigenvalue weighted by Gasteiger charge is 2.54. The molecule has 6 rings (SSSR count). The first-order valence-corrected chi connectivity index (χ1v) is 19.7. The van der Waals surface area contributed by atoms with Crippen LogP contribution in [0.15, 0.2) is 72.8 Å². The fourth-order valence-electron chi connectivity index (χ4n) is 6.80. The number of carbonyl (C=O) groups excluding carboxylic acids is 2. The van der Waals surface area contributed by atoms with E-state index in [9.17, 15) is 4.79 Å². The molecule has 3 aliphatic heterocycles. The van der Waals surface area contributed by atoms with Crippen LogP contribution in [0.25, 0.3) is 0 Å². The lowest BCUT2D eigenvalue weighted by Gasteiger charge is -2.34. The van der Waals surface area contributed by atoms with Crippen LogP contribution in [0.2, 0.25) is 0 Å². The van der Waals surface area contributed by atoms with E-state index in [1.807, 2.05) is 165 Å². The van der Waals surface area contributed by atoms with Crippen LogP contribution in [0.5, 0.6) is 0 Å². The molecule has 0 spiro atoms. The molecule has 56 heavy (non-hydrogen) atoms. The number of nitrogens with one attached hydrogen (secondary N) is 1. The van der Waals surface area contributed by atoms with Gasteiger partial charge in [-0.05, 0) is 150 Å².